The Hall–Kier alpha value is -0.163. The lowest BCUT2D eigenvalue weighted by atomic mass is 10.2. The standard InChI is InChI=1S/C12H19BrO2Si/c1-14-12(15-2,16-10-6-9-13)11-7-4-3-5-8-11/h3-5,7-8H,6,9-10,16H2,1-2H3. The third kappa shape index (κ3) is 3.42. The Kier molecular flexibility index (Phi) is 6.27. The molecular weight excluding hydrogens is 284 g/mol. The molecule has 90 valence electrons. The number of alkyl halides is 1. The van der Waals surface area contributed by atoms with Crippen LogP contribution in [0.5, 0.6) is 0 Å². The molecular formula is C12H19BrO2Si. The van der Waals surface area contributed by atoms with E-state index in [1.54, 1.807) is 14.2 Å². The first-order valence-corrected chi connectivity index (χ1v) is 8.33. The van der Waals surface area contributed by atoms with E-state index in [0.29, 0.717) is 0 Å². The SMILES string of the molecule is COC(OC)([SiH2]CCCBr)c1ccccc1. The average molecular weight is 303 g/mol. The molecule has 2 nitrogen and oxygen atoms in total. The van der Waals surface area contributed by atoms with Crippen LogP contribution < -0.4 is 0 Å². The zero-order valence-corrected chi connectivity index (χ0v) is 12.9. The molecule has 16 heavy (non-hydrogen) atoms. The van der Waals surface area contributed by atoms with Gasteiger partial charge in [-0.25, -0.2) is 0 Å². The number of hydrogen-bond donors (Lipinski definition) is 0. The van der Waals surface area contributed by atoms with Gasteiger partial charge in [0.2, 0.25) is 0 Å². The van der Waals surface area contributed by atoms with Crippen LogP contribution in [-0.4, -0.2) is 29.1 Å². The Bertz CT molecular complexity index is 288. The van der Waals surface area contributed by atoms with Crippen LogP contribution in [0.15, 0.2) is 30.3 Å². The molecule has 0 N–H and O–H groups in total. The highest BCUT2D eigenvalue weighted by Gasteiger charge is 2.31. The van der Waals surface area contributed by atoms with Gasteiger partial charge in [-0.2, -0.15) is 0 Å². The van der Waals surface area contributed by atoms with E-state index in [-0.39, 0.29) is 0 Å². The molecule has 0 aromatic heterocycles. The van der Waals surface area contributed by atoms with Crippen LogP contribution in [0.2, 0.25) is 6.04 Å². The fraction of sp³-hybridized carbons (Fsp3) is 0.500. The topological polar surface area (TPSA) is 18.5 Å². The minimum absolute atomic E-state index is 0.455. The largest absolute Gasteiger partial charge is 0.353 e. The molecule has 0 aliphatic rings. The molecule has 1 aromatic carbocycles. The van der Waals surface area contributed by atoms with Gasteiger partial charge >= 0.3 is 0 Å². The number of rotatable bonds is 7. The normalized spacial score (nSPS) is 12.4. The van der Waals surface area contributed by atoms with Crippen LogP contribution in [0.3, 0.4) is 0 Å². The monoisotopic (exact) mass is 302 g/mol. The second kappa shape index (κ2) is 7.22. The summed E-state index contributed by atoms with van der Waals surface area (Å²) in [5.74, 6) is 0. The molecule has 0 fully saturated rings. The van der Waals surface area contributed by atoms with Gasteiger partial charge in [0.05, 0.1) is 9.52 Å². The summed E-state index contributed by atoms with van der Waals surface area (Å²) in [6.07, 6.45) is 1.19. The van der Waals surface area contributed by atoms with E-state index in [0.717, 1.165) is 10.9 Å². The van der Waals surface area contributed by atoms with Gasteiger partial charge in [0, 0.05) is 25.1 Å². The summed E-state index contributed by atoms with van der Waals surface area (Å²) in [4.78, 5) is 0. The summed E-state index contributed by atoms with van der Waals surface area (Å²) >= 11 is 3.46. The highest BCUT2D eigenvalue weighted by molar-refractivity contribution is 9.09. The van der Waals surface area contributed by atoms with Crippen molar-refractivity contribution in [3.8, 4) is 0 Å². The molecule has 0 aliphatic heterocycles. The van der Waals surface area contributed by atoms with E-state index in [1.165, 1.54) is 12.5 Å². The van der Waals surface area contributed by atoms with Gasteiger partial charge in [-0.3, -0.25) is 0 Å². The molecule has 0 aliphatic carbocycles. The lowest BCUT2D eigenvalue weighted by Gasteiger charge is -2.31. The summed E-state index contributed by atoms with van der Waals surface area (Å²) in [6.45, 7) is 0. The van der Waals surface area contributed by atoms with Crippen LogP contribution in [0.4, 0.5) is 0 Å². The van der Waals surface area contributed by atoms with Crippen LogP contribution >= 0.6 is 15.9 Å². The second-order valence-electron chi connectivity index (χ2n) is 3.67. The third-order valence-corrected chi connectivity index (χ3v) is 5.82. The van der Waals surface area contributed by atoms with E-state index < -0.39 is 14.9 Å². The Morgan fingerprint density at radius 1 is 1.19 bits per heavy atom. The molecule has 0 bridgehead atoms. The molecule has 0 saturated carbocycles. The van der Waals surface area contributed by atoms with Crippen molar-refractivity contribution in [1.82, 2.24) is 0 Å². The Labute approximate surface area is 108 Å². The fourth-order valence-corrected chi connectivity index (χ4v) is 4.84. The van der Waals surface area contributed by atoms with Gasteiger partial charge in [-0.05, 0) is 6.42 Å². The lowest BCUT2D eigenvalue weighted by molar-refractivity contribution is -0.151. The predicted molar refractivity (Wildman–Crippen MR) is 73.9 cm³/mol. The van der Waals surface area contributed by atoms with E-state index in [9.17, 15) is 0 Å². The Balaban J connectivity index is 2.79. The van der Waals surface area contributed by atoms with Crippen molar-refractivity contribution in [3.05, 3.63) is 35.9 Å². The van der Waals surface area contributed by atoms with Crippen molar-refractivity contribution in [1.29, 1.82) is 0 Å². The van der Waals surface area contributed by atoms with Crippen molar-refractivity contribution in [2.45, 2.75) is 17.9 Å². The number of halogens is 1. The van der Waals surface area contributed by atoms with Crippen LogP contribution in [0, 0.1) is 0 Å². The minimum Gasteiger partial charge on any atom is -0.353 e. The number of ether oxygens (including phenoxy) is 2. The average Bonchev–Trinajstić information content (AvgIpc) is 2.36. The predicted octanol–water partition coefficient (Wildman–Crippen LogP) is 2.46. The van der Waals surface area contributed by atoms with Gasteiger partial charge in [-0.1, -0.05) is 52.3 Å². The molecule has 1 rings (SSSR count). The molecule has 0 unspecified atom stereocenters. The first kappa shape index (κ1) is 13.9. The smallest absolute Gasteiger partial charge is 0.168 e. The van der Waals surface area contributed by atoms with Gasteiger partial charge in [0.1, 0.15) is 0 Å². The zero-order chi connectivity index (χ0) is 11.9. The van der Waals surface area contributed by atoms with Gasteiger partial charge in [-0.15, -0.1) is 0 Å². The molecule has 4 heteroatoms. The van der Waals surface area contributed by atoms with Crippen LogP contribution in [-0.2, 0) is 14.9 Å². The fourth-order valence-electron chi connectivity index (χ4n) is 1.81. The Morgan fingerprint density at radius 3 is 2.31 bits per heavy atom. The zero-order valence-electron chi connectivity index (χ0n) is 9.91. The van der Waals surface area contributed by atoms with Gasteiger partial charge in [0.15, 0.2) is 5.41 Å². The minimum atomic E-state index is -0.465. The summed E-state index contributed by atoms with van der Waals surface area (Å²) in [6, 6.07) is 11.4. The van der Waals surface area contributed by atoms with Crippen LogP contribution in [0.1, 0.15) is 12.0 Å². The van der Waals surface area contributed by atoms with E-state index >= 15 is 0 Å². The van der Waals surface area contributed by atoms with Crippen molar-refractivity contribution in [2.24, 2.45) is 0 Å². The Morgan fingerprint density at radius 2 is 1.81 bits per heavy atom. The molecule has 0 heterocycles. The number of methoxy groups -OCH3 is 2. The molecule has 1 aromatic rings. The summed E-state index contributed by atoms with van der Waals surface area (Å²) in [5.41, 5.74) is 0.685. The number of hydrogen-bond acceptors (Lipinski definition) is 2. The van der Waals surface area contributed by atoms with Crippen molar-refractivity contribution in [2.75, 3.05) is 19.5 Å². The molecule has 0 amide bonds. The first-order chi connectivity index (χ1) is 7.79. The van der Waals surface area contributed by atoms with E-state index in [1.807, 2.05) is 18.2 Å². The molecule has 0 saturated heterocycles. The maximum absolute atomic E-state index is 5.64. The first-order valence-electron chi connectivity index (χ1n) is 5.51. The van der Waals surface area contributed by atoms with Crippen molar-refractivity contribution in [3.63, 3.8) is 0 Å². The van der Waals surface area contributed by atoms with Crippen molar-refractivity contribution < 1.29 is 9.47 Å². The highest BCUT2D eigenvalue weighted by atomic mass is 79.9. The quantitative estimate of drug-likeness (QED) is 0.333. The molecule has 0 radical (unpaired) electrons. The number of benzene rings is 1. The van der Waals surface area contributed by atoms with E-state index in [4.69, 9.17) is 9.47 Å². The molecule has 0 atom stereocenters. The summed E-state index contributed by atoms with van der Waals surface area (Å²) in [5, 5.41) is 1.05. The summed E-state index contributed by atoms with van der Waals surface area (Å²) < 4.78 is 11.3. The maximum atomic E-state index is 5.64. The highest BCUT2D eigenvalue weighted by Crippen LogP contribution is 2.26. The lowest BCUT2D eigenvalue weighted by Crippen LogP contribution is -2.37. The maximum Gasteiger partial charge on any atom is 0.168 e. The van der Waals surface area contributed by atoms with Crippen LogP contribution in [0.25, 0.3) is 0 Å². The molecule has 0 spiro atoms. The van der Waals surface area contributed by atoms with E-state index in [2.05, 4.69) is 28.1 Å². The second-order valence-corrected chi connectivity index (χ2v) is 6.60. The van der Waals surface area contributed by atoms with Gasteiger partial charge < -0.3 is 9.47 Å². The summed E-state index contributed by atoms with van der Waals surface area (Å²) in [7, 11) is 3.00. The van der Waals surface area contributed by atoms with Gasteiger partial charge in [0.25, 0.3) is 0 Å². The van der Waals surface area contributed by atoms with Crippen molar-refractivity contribution >= 4 is 25.4 Å². The third-order valence-electron chi connectivity index (χ3n) is 2.76.